The van der Waals surface area contributed by atoms with E-state index in [0.29, 0.717) is 36.5 Å². The molecule has 1 fully saturated rings. The second-order valence-electron chi connectivity index (χ2n) is 11.6. The van der Waals surface area contributed by atoms with Crippen LogP contribution < -0.4 is 4.74 Å². The second-order valence-corrected chi connectivity index (χ2v) is 11.6. The van der Waals surface area contributed by atoms with Crippen LogP contribution in [0.25, 0.3) is 0 Å². The lowest BCUT2D eigenvalue weighted by molar-refractivity contribution is -0.175. The fourth-order valence-electron chi connectivity index (χ4n) is 6.21. The molecule has 6 rings (SSSR count). The lowest BCUT2D eigenvalue weighted by atomic mass is 9.75. The van der Waals surface area contributed by atoms with Crippen LogP contribution in [0, 0.1) is 5.92 Å². The van der Waals surface area contributed by atoms with Crippen LogP contribution in [0.2, 0.25) is 0 Å². The number of carbonyl (C=O) groups excluding carboxylic acids is 1. The third-order valence-corrected chi connectivity index (χ3v) is 8.56. The quantitative estimate of drug-likeness (QED) is 0.145. The number of aliphatic hydroxyl groups is 1. The third kappa shape index (κ3) is 7.99. The van der Waals surface area contributed by atoms with E-state index in [2.05, 4.69) is 0 Å². The van der Waals surface area contributed by atoms with Crippen LogP contribution in [0.5, 0.6) is 5.75 Å². The van der Waals surface area contributed by atoms with Gasteiger partial charge in [0.05, 0.1) is 28.4 Å². The number of ketones is 1. The molecule has 1 aliphatic rings. The number of hydrogen-bond acceptors (Lipinski definition) is 5. The van der Waals surface area contributed by atoms with E-state index in [-0.39, 0.29) is 24.7 Å². The van der Waals surface area contributed by atoms with Crippen LogP contribution in [-0.4, -0.2) is 23.8 Å². The van der Waals surface area contributed by atoms with Crippen molar-refractivity contribution in [2.75, 3.05) is 6.61 Å². The molecule has 0 bridgehead atoms. The summed E-state index contributed by atoms with van der Waals surface area (Å²) in [5.74, 6) is -1.04. The molecule has 5 nitrogen and oxygen atoms in total. The van der Waals surface area contributed by atoms with E-state index < -0.39 is 24.7 Å². The Morgan fingerprint density at radius 3 is 2.07 bits per heavy atom. The van der Waals surface area contributed by atoms with Crippen molar-refractivity contribution in [3.8, 4) is 5.75 Å². The van der Waals surface area contributed by atoms with E-state index in [1.54, 1.807) is 18.2 Å². The maximum atomic E-state index is 14.4. The molecule has 4 atom stereocenters. The van der Waals surface area contributed by atoms with E-state index in [0.717, 1.165) is 22.3 Å². The summed E-state index contributed by atoms with van der Waals surface area (Å²) >= 11 is 0. The van der Waals surface area contributed by atoms with Crippen molar-refractivity contribution in [1.29, 1.82) is 0 Å². The second kappa shape index (κ2) is 15.6. The van der Waals surface area contributed by atoms with Crippen LogP contribution in [0.4, 0.5) is 0 Å². The topological polar surface area (TPSA) is 65.0 Å². The Morgan fingerprint density at radius 1 is 0.783 bits per heavy atom. The maximum absolute atomic E-state index is 14.4. The molecule has 0 radical (unpaired) electrons. The lowest BCUT2D eigenvalue weighted by Crippen LogP contribution is -2.40. The smallest absolute Gasteiger partial charge is 0.164 e. The van der Waals surface area contributed by atoms with Gasteiger partial charge in [-0.3, -0.25) is 4.79 Å². The molecule has 0 aliphatic carbocycles. The van der Waals surface area contributed by atoms with Crippen molar-refractivity contribution in [1.82, 2.24) is 0 Å². The highest BCUT2D eigenvalue weighted by Gasteiger charge is 2.40. The first kappa shape index (κ1) is 28.9. The van der Waals surface area contributed by atoms with Crippen LogP contribution in [0.3, 0.4) is 0 Å². The third-order valence-electron chi connectivity index (χ3n) is 8.56. The fraction of sp³-hybridized carbons (Fsp3) is 0.244. The fourth-order valence-corrected chi connectivity index (χ4v) is 6.21. The number of Topliss-reactive ketones (excluding diaryl/α,β-unsaturated/α-hetero) is 1. The molecule has 1 aliphatic heterocycles. The lowest BCUT2D eigenvalue weighted by Gasteiger charge is -2.35. The summed E-state index contributed by atoms with van der Waals surface area (Å²) < 4.78 is 35.7. The Morgan fingerprint density at radius 2 is 1.39 bits per heavy atom. The molecule has 0 amide bonds. The zero-order valence-electron chi connectivity index (χ0n) is 27.7. The highest BCUT2D eigenvalue weighted by Crippen LogP contribution is 2.41. The molecule has 2 unspecified atom stereocenters. The summed E-state index contributed by atoms with van der Waals surface area (Å²) in [5, 5.41) is 11.1. The van der Waals surface area contributed by atoms with Crippen LogP contribution >= 0.6 is 0 Å². The van der Waals surface area contributed by atoms with Gasteiger partial charge in [-0.25, -0.2) is 0 Å². The van der Waals surface area contributed by atoms with Gasteiger partial charge in [0.2, 0.25) is 0 Å². The van der Waals surface area contributed by atoms with Gasteiger partial charge in [-0.15, -0.1) is 0 Å². The van der Waals surface area contributed by atoms with Gasteiger partial charge in [-0.2, -0.15) is 0 Å². The van der Waals surface area contributed by atoms with Gasteiger partial charge in [0.15, 0.2) is 6.29 Å². The van der Waals surface area contributed by atoms with Gasteiger partial charge in [0, 0.05) is 23.8 Å². The van der Waals surface area contributed by atoms with Crippen molar-refractivity contribution in [3.63, 3.8) is 0 Å². The number of benzene rings is 5. The van der Waals surface area contributed by atoms with Crippen LogP contribution in [-0.2, 0) is 34.0 Å². The average molecular weight is 615 g/mol. The van der Waals surface area contributed by atoms with E-state index >= 15 is 0 Å². The molecule has 234 valence electrons. The first-order valence-electron chi connectivity index (χ1n) is 16.8. The Bertz CT molecular complexity index is 1750. The molecule has 5 heteroatoms. The Balaban J connectivity index is 1.37. The molecule has 1 heterocycles. The Labute approximate surface area is 274 Å². The molecular formula is C41H40O5. The summed E-state index contributed by atoms with van der Waals surface area (Å²) in [6.07, 6.45) is -0.557. The molecule has 5 aromatic rings. The van der Waals surface area contributed by atoms with Crippen molar-refractivity contribution in [3.05, 3.63) is 173 Å². The summed E-state index contributed by atoms with van der Waals surface area (Å²) in [6.45, 7) is -1.37. The molecule has 1 saturated heterocycles. The highest BCUT2D eigenvalue weighted by molar-refractivity contribution is 5.84. The molecular weight excluding hydrogens is 572 g/mol. The SMILES string of the molecule is [2H]C([2H])(OCc1ccccc1)c1ccc(OCc2ccccc2)c([C@H](CC(=O)C2C(c3ccccc3)CCO[C@H]2O)c2ccccc2)c1. The minimum atomic E-state index is -2.13. The first-order valence-corrected chi connectivity index (χ1v) is 15.8. The minimum absolute atomic E-state index is 0.0530. The zero-order valence-corrected chi connectivity index (χ0v) is 25.7. The Kier molecular flexibility index (Phi) is 9.82. The van der Waals surface area contributed by atoms with E-state index in [1.165, 1.54) is 0 Å². The summed E-state index contributed by atoms with van der Waals surface area (Å²) in [5.41, 5.74) is 4.69. The summed E-state index contributed by atoms with van der Waals surface area (Å²) in [6, 6.07) is 44.0. The number of rotatable bonds is 13. The number of carbonyl (C=O) groups is 1. The van der Waals surface area contributed by atoms with E-state index in [9.17, 15) is 9.90 Å². The molecule has 5 aromatic carbocycles. The average Bonchev–Trinajstić information content (AvgIpc) is 3.13. The number of hydrogen-bond donors (Lipinski definition) is 1. The highest BCUT2D eigenvalue weighted by atomic mass is 16.6. The van der Waals surface area contributed by atoms with Gasteiger partial charge >= 0.3 is 0 Å². The zero-order chi connectivity index (χ0) is 33.3. The molecule has 0 aromatic heterocycles. The van der Waals surface area contributed by atoms with Gasteiger partial charge in [-0.1, -0.05) is 127 Å². The minimum Gasteiger partial charge on any atom is -0.489 e. The van der Waals surface area contributed by atoms with Crippen molar-refractivity contribution in [2.45, 2.75) is 50.7 Å². The molecule has 1 N–H and O–H groups in total. The molecule has 0 saturated carbocycles. The normalized spacial score (nSPS) is 19.5. The largest absolute Gasteiger partial charge is 0.489 e. The van der Waals surface area contributed by atoms with Crippen molar-refractivity contribution >= 4 is 5.78 Å². The summed E-state index contributed by atoms with van der Waals surface area (Å²) in [4.78, 5) is 14.4. The van der Waals surface area contributed by atoms with Crippen molar-refractivity contribution in [2.24, 2.45) is 5.92 Å². The van der Waals surface area contributed by atoms with Gasteiger partial charge in [-0.05, 0) is 46.4 Å². The van der Waals surface area contributed by atoms with Crippen LogP contribution in [0.1, 0.15) is 60.8 Å². The van der Waals surface area contributed by atoms with E-state index in [4.69, 9.17) is 17.0 Å². The molecule has 0 spiro atoms. The van der Waals surface area contributed by atoms with Crippen molar-refractivity contribution < 1.29 is 26.9 Å². The predicted octanol–water partition coefficient (Wildman–Crippen LogP) is 8.21. The van der Waals surface area contributed by atoms with Crippen LogP contribution in [0.15, 0.2) is 140 Å². The van der Waals surface area contributed by atoms with E-state index in [1.807, 2.05) is 121 Å². The van der Waals surface area contributed by atoms with Gasteiger partial charge in [0.1, 0.15) is 18.1 Å². The first-order chi connectivity index (χ1) is 23.4. The van der Waals surface area contributed by atoms with Gasteiger partial charge in [0.25, 0.3) is 0 Å². The predicted molar refractivity (Wildman–Crippen MR) is 179 cm³/mol. The number of ether oxygens (including phenoxy) is 3. The van der Waals surface area contributed by atoms with Gasteiger partial charge < -0.3 is 19.3 Å². The molecule has 46 heavy (non-hydrogen) atoms. The Hall–Kier alpha value is -4.55. The number of aliphatic hydroxyl groups excluding tert-OH is 1. The summed E-state index contributed by atoms with van der Waals surface area (Å²) in [7, 11) is 0. The standard InChI is InChI=1S/C41H40O5/c42-38(40-35(23-24-45-41(40)43)33-17-9-3-10-18-33)26-36(34-19-11-4-12-20-34)37-25-32(28-44-27-30-13-5-1-6-14-30)21-22-39(37)46-29-31-15-7-2-8-16-31/h1-22,25,35-36,40-41,43H,23-24,26-29H2/t35?,36-,40?,41-/m1/s1/i28D2. The monoisotopic (exact) mass is 614 g/mol. The maximum Gasteiger partial charge on any atom is 0.164 e.